The third-order valence-corrected chi connectivity index (χ3v) is 7.85. The minimum Gasteiger partial charge on any atom is -0.352 e. The van der Waals surface area contributed by atoms with Crippen LogP contribution < -0.4 is 5.32 Å². The van der Waals surface area contributed by atoms with Crippen molar-refractivity contribution in [2.45, 2.75) is 36.7 Å². The Bertz CT molecular complexity index is 945. The summed E-state index contributed by atoms with van der Waals surface area (Å²) in [5.74, 6) is -0.0755. The number of likely N-dealkylation sites (tertiary alicyclic amines) is 1. The van der Waals surface area contributed by atoms with Crippen molar-refractivity contribution >= 4 is 15.9 Å². The van der Waals surface area contributed by atoms with Crippen molar-refractivity contribution in [3.63, 3.8) is 0 Å². The number of pyridine rings is 1. The molecule has 30 heavy (non-hydrogen) atoms. The Labute approximate surface area is 178 Å². The van der Waals surface area contributed by atoms with Gasteiger partial charge < -0.3 is 5.32 Å². The summed E-state index contributed by atoms with van der Waals surface area (Å²) in [5, 5.41) is 3.19. The SMILES string of the molecule is O=C(NC1CCN(Cc2ccccc2)C1)C1CCN(S(=O)(=O)c2cccnc2)CC1. The maximum Gasteiger partial charge on any atom is 0.244 e. The third-order valence-electron chi connectivity index (χ3n) is 5.96. The van der Waals surface area contributed by atoms with E-state index in [1.165, 1.54) is 16.1 Å². The van der Waals surface area contributed by atoms with E-state index in [9.17, 15) is 13.2 Å². The van der Waals surface area contributed by atoms with Gasteiger partial charge in [0, 0.05) is 57.1 Å². The van der Waals surface area contributed by atoms with Crippen LogP contribution in [0.4, 0.5) is 0 Å². The fourth-order valence-electron chi connectivity index (χ4n) is 4.26. The molecule has 160 valence electrons. The van der Waals surface area contributed by atoms with Crippen molar-refractivity contribution in [3.8, 4) is 0 Å². The molecule has 0 bridgehead atoms. The van der Waals surface area contributed by atoms with E-state index in [2.05, 4.69) is 27.3 Å². The number of rotatable bonds is 6. The van der Waals surface area contributed by atoms with Crippen LogP contribution in [-0.4, -0.2) is 60.7 Å². The number of carbonyl (C=O) groups excluding carboxylic acids is 1. The van der Waals surface area contributed by atoms with E-state index in [4.69, 9.17) is 0 Å². The van der Waals surface area contributed by atoms with Gasteiger partial charge >= 0.3 is 0 Å². The van der Waals surface area contributed by atoms with E-state index in [-0.39, 0.29) is 22.8 Å². The number of benzene rings is 1. The van der Waals surface area contributed by atoms with Gasteiger partial charge in [0.25, 0.3) is 0 Å². The molecular formula is C22H28N4O3S. The van der Waals surface area contributed by atoms with Gasteiger partial charge in [-0.15, -0.1) is 0 Å². The molecule has 1 aromatic heterocycles. The first-order valence-corrected chi connectivity index (χ1v) is 11.9. The van der Waals surface area contributed by atoms with Crippen molar-refractivity contribution in [3.05, 3.63) is 60.4 Å². The second-order valence-electron chi connectivity index (χ2n) is 8.08. The molecule has 2 aliphatic heterocycles. The van der Waals surface area contributed by atoms with Crippen LogP contribution in [0.15, 0.2) is 59.8 Å². The number of hydrogen-bond donors (Lipinski definition) is 1. The lowest BCUT2D eigenvalue weighted by Gasteiger charge is -2.31. The van der Waals surface area contributed by atoms with Crippen molar-refractivity contribution in [2.75, 3.05) is 26.2 Å². The molecule has 2 fully saturated rings. The van der Waals surface area contributed by atoms with Gasteiger partial charge in [-0.2, -0.15) is 4.31 Å². The fraction of sp³-hybridized carbons (Fsp3) is 0.455. The smallest absolute Gasteiger partial charge is 0.244 e. The maximum absolute atomic E-state index is 12.7. The highest BCUT2D eigenvalue weighted by molar-refractivity contribution is 7.89. The summed E-state index contributed by atoms with van der Waals surface area (Å²) in [6.45, 7) is 3.45. The largest absolute Gasteiger partial charge is 0.352 e. The molecule has 0 saturated carbocycles. The van der Waals surface area contributed by atoms with Crippen LogP contribution in [0.2, 0.25) is 0 Å². The molecule has 4 rings (SSSR count). The maximum atomic E-state index is 12.7. The van der Waals surface area contributed by atoms with Crippen LogP contribution in [0.3, 0.4) is 0 Å². The van der Waals surface area contributed by atoms with E-state index < -0.39 is 10.0 Å². The van der Waals surface area contributed by atoms with E-state index in [0.29, 0.717) is 25.9 Å². The molecule has 0 radical (unpaired) electrons. The van der Waals surface area contributed by atoms with Crippen LogP contribution in [0.5, 0.6) is 0 Å². The molecule has 1 aromatic carbocycles. The van der Waals surface area contributed by atoms with E-state index in [1.54, 1.807) is 18.3 Å². The lowest BCUT2D eigenvalue weighted by Crippen LogP contribution is -2.45. The highest BCUT2D eigenvalue weighted by atomic mass is 32.2. The molecule has 7 nitrogen and oxygen atoms in total. The molecule has 0 aliphatic carbocycles. The Balaban J connectivity index is 1.25. The molecular weight excluding hydrogens is 400 g/mol. The van der Waals surface area contributed by atoms with E-state index >= 15 is 0 Å². The number of piperidine rings is 1. The normalized spacial score (nSPS) is 21.5. The molecule has 2 aliphatic rings. The molecule has 1 amide bonds. The summed E-state index contributed by atoms with van der Waals surface area (Å²) in [5.41, 5.74) is 1.28. The summed E-state index contributed by atoms with van der Waals surface area (Å²) in [6, 6.07) is 13.7. The van der Waals surface area contributed by atoms with E-state index in [0.717, 1.165) is 26.1 Å². The minimum atomic E-state index is -3.54. The fourth-order valence-corrected chi connectivity index (χ4v) is 5.70. The molecule has 3 heterocycles. The van der Waals surface area contributed by atoms with Crippen LogP contribution >= 0.6 is 0 Å². The van der Waals surface area contributed by atoms with Gasteiger partial charge in [0.15, 0.2) is 0 Å². The zero-order chi connectivity index (χ0) is 21.0. The van der Waals surface area contributed by atoms with Gasteiger partial charge in [0.2, 0.25) is 15.9 Å². The molecule has 1 atom stereocenters. The summed E-state index contributed by atoms with van der Waals surface area (Å²) in [7, 11) is -3.54. The number of sulfonamides is 1. The van der Waals surface area contributed by atoms with Crippen molar-refractivity contribution in [1.82, 2.24) is 19.5 Å². The number of nitrogens with one attached hydrogen (secondary N) is 1. The number of amides is 1. The second-order valence-corrected chi connectivity index (χ2v) is 10.0. The Morgan fingerprint density at radius 1 is 1.03 bits per heavy atom. The van der Waals surface area contributed by atoms with E-state index in [1.807, 2.05) is 18.2 Å². The summed E-state index contributed by atoms with van der Waals surface area (Å²) in [4.78, 5) is 19.2. The van der Waals surface area contributed by atoms with Crippen LogP contribution in [0, 0.1) is 5.92 Å². The zero-order valence-electron chi connectivity index (χ0n) is 17.0. The first kappa shape index (κ1) is 21.0. The van der Waals surface area contributed by atoms with Gasteiger partial charge in [-0.1, -0.05) is 30.3 Å². The Morgan fingerprint density at radius 2 is 1.80 bits per heavy atom. The number of carbonyl (C=O) groups is 1. The summed E-state index contributed by atoms with van der Waals surface area (Å²) >= 11 is 0. The molecule has 8 heteroatoms. The van der Waals surface area contributed by atoms with Gasteiger partial charge in [-0.05, 0) is 37.0 Å². The quantitative estimate of drug-likeness (QED) is 0.760. The molecule has 2 aromatic rings. The van der Waals surface area contributed by atoms with Crippen LogP contribution in [0.25, 0.3) is 0 Å². The monoisotopic (exact) mass is 428 g/mol. The average Bonchev–Trinajstić information content (AvgIpc) is 3.21. The lowest BCUT2D eigenvalue weighted by molar-refractivity contribution is -0.126. The van der Waals surface area contributed by atoms with Gasteiger partial charge in [0.1, 0.15) is 4.90 Å². The Morgan fingerprint density at radius 3 is 2.50 bits per heavy atom. The van der Waals surface area contributed by atoms with Crippen LogP contribution in [0.1, 0.15) is 24.8 Å². The van der Waals surface area contributed by atoms with Gasteiger partial charge in [-0.3, -0.25) is 14.7 Å². The minimum absolute atomic E-state index is 0.0555. The first-order valence-electron chi connectivity index (χ1n) is 10.5. The predicted octanol–water partition coefficient (Wildman–Crippen LogP) is 1.87. The van der Waals surface area contributed by atoms with Gasteiger partial charge in [-0.25, -0.2) is 8.42 Å². The first-order chi connectivity index (χ1) is 14.5. The Hall–Kier alpha value is -2.29. The van der Waals surface area contributed by atoms with Crippen LogP contribution in [-0.2, 0) is 21.4 Å². The Kier molecular flexibility index (Phi) is 6.46. The van der Waals surface area contributed by atoms with Crippen molar-refractivity contribution in [2.24, 2.45) is 5.92 Å². The summed E-state index contributed by atoms with van der Waals surface area (Å²) in [6.07, 6.45) is 4.97. The topological polar surface area (TPSA) is 82.6 Å². The zero-order valence-corrected chi connectivity index (χ0v) is 17.8. The molecule has 0 spiro atoms. The highest BCUT2D eigenvalue weighted by Crippen LogP contribution is 2.24. The molecule has 1 N–H and O–H groups in total. The van der Waals surface area contributed by atoms with Gasteiger partial charge in [0.05, 0.1) is 0 Å². The lowest BCUT2D eigenvalue weighted by atomic mass is 9.97. The third kappa shape index (κ3) is 4.88. The number of hydrogen-bond acceptors (Lipinski definition) is 5. The average molecular weight is 429 g/mol. The van der Waals surface area contributed by atoms with Crippen molar-refractivity contribution < 1.29 is 13.2 Å². The molecule has 1 unspecified atom stereocenters. The highest BCUT2D eigenvalue weighted by Gasteiger charge is 2.33. The summed E-state index contributed by atoms with van der Waals surface area (Å²) < 4.78 is 26.9. The second kappa shape index (κ2) is 9.24. The number of aromatic nitrogens is 1. The number of nitrogens with zero attached hydrogens (tertiary/aromatic N) is 3. The van der Waals surface area contributed by atoms with Crippen molar-refractivity contribution in [1.29, 1.82) is 0 Å². The standard InChI is InChI=1S/C22H28N4O3S/c27-22(24-20-10-12-25(17-20)16-18-5-2-1-3-6-18)19-8-13-26(14-9-19)30(28,29)21-7-4-11-23-15-21/h1-7,11,15,19-20H,8-10,12-14,16-17H2,(H,24,27). The predicted molar refractivity (Wildman–Crippen MR) is 114 cm³/mol. The molecule has 2 saturated heterocycles.